The molecule has 0 bridgehead atoms. The fraction of sp³-hybridized carbons (Fsp3) is 0.571. The van der Waals surface area contributed by atoms with Crippen LogP contribution in [-0.2, 0) is 7.05 Å². The third kappa shape index (κ3) is 3.38. The predicted octanol–water partition coefficient (Wildman–Crippen LogP) is 1.77. The molecule has 2 atom stereocenters. The monoisotopic (exact) mass is 282 g/mol. The number of amides is 1. The molecule has 1 aromatic rings. The molecule has 1 saturated carbocycles. The molecule has 1 aliphatic rings. The van der Waals surface area contributed by atoms with E-state index in [1.807, 2.05) is 0 Å². The maximum atomic E-state index is 12.0. The van der Waals surface area contributed by atoms with Crippen LogP contribution >= 0.6 is 11.6 Å². The van der Waals surface area contributed by atoms with Crippen LogP contribution in [0.25, 0.3) is 0 Å². The minimum atomic E-state index is -0.182. The van der Waals surface area contributed by atoms with Crippen LogP contribution < -0.4 is 10.9 Å². The van der Waals surface area contributed by atoms with E-state index >= 15 is 0 Å². The van der Waals surface area contributed by atoms with Gasteiger partial charge in [-0.05, 0) is 30.7 Å². The number of carbonyl (C=O) groups excluding carboxylic acids is 1. The van der Waals surface area contributed by atoms with Crippen molar-refractivity contribution < 1.29 is 4.79 Å². The van der Waals surface area contributed by atoms with Crippen LogP contribution in [0, 0.1) is 11.8 Å². The molecule has 0 aromatic carbocycles. The summed E-state index contributed by atoms with van der Waals surface area (Å²) in [5.41, 5.74) is 0.246. The zero-order valence-corrected chi connectivity index (χ0v) is 11.8. The van der Waals surface area contributed by atoms with Gasteiger partial charge in [0.15, 0.2) is 0 Å². The number of pyridine rings is 1. The number of hydrogen-bond acceptors (Lipinski definition) is 2. The lowest BCUT2D eigenvalue weighted by atomic mass is 9.98. The molecule has 1 heterocycles. The standard InChI is InChI=1S/C14H19ClN2O2/c1-17-6-5-10(7-13(17)18)14(19)16-9-12-4-2-3-11(12)8-15/h5-7,11-12H,2-4,8-9H2,1H3,(H,16,19). The van der Waals surface area contributed by atoms with Gasteiger partial charge in [0, 0.05) is 37.3 Å². The van der Waals surface area contributed by atoms with Crippen LogP contribution in [-0.4, -0.2) is 22.9 Å². The molecule has 4 nitrogen and oxygen atoms in total. The normalized spacial score (nSPS) is 22.4. The van der Waals surface area contributed by atoms with E-state index in [-0.39, 0.29) is 11.5 Å². The molecule has 0 aliphatic heterocycles. The third-order valence-corrected chi connectivity index (χ3v) is 4.30. The number of hydrogen-bond donors (Lipinski definition) is 1. The lowest BCUT2D eigenvalue weighted by Crippen LogP contribution is -2.32. The summed E-state index contributed by atoms with van der Waals surface area (Å²) in [6.07, 6.45) is 5.06. The Kier molecular flexibility index (Phi) is 4.64. The van der Waals surface area contributed by atoms with Crippen molar-refractivity contribution in [3.05, 3.63) is 34.2 Å². The number of alkyl halides is 1. The van der Waals surface area contributed by atoms with Gasteiger partial charge in [-0.3, -0.25) is 9.59 Å². The number of nitrogens with one attached hydrogen (secondary N) is 1. The van der Waals surface area contributed by atoms with Crippen LogP contribution in [0.15, 0.2) is 23.1 Å². The average molecular weight is 283 g/mol. The molecular formula is C14H19ClN2O2. The summed E-state index contributed by atoms with van der Waals surface area (Å²) in [4.78, 5) is 23.4. The first-order chi connectivity index (χ1) is 9.11. The van der Waals surface area contributed by atoms with E-state index in [1.165, 1.54) is 17.1 Å². The van der Waals surface area contributed by atoms with E-state index < -0.39 is 0 Å². The van der Waals surface area contributed by atoms with Crippen molar-refractivity contribution in [2.75, 3.05) is 12.4 Å². The lowest BCUT2D eigenvalue weighted by molar-refractivity contribution is 0.0944. The summed E-state index contributed by atoms with van der Waals surface area (Å²) in [6, 6.07) is 3.02. The summed E-state index contributed by atoms with van der Waals surface area (Å²) in [5.74, 6) is 1.45. The van der Waals surface area contributed by atoms with Gasteiger partial charge < -0.3 is 9.88 Å². The van der Waals surface area contributed by atoms with Crippen LogP contribution in [0.3, 0.4) is 0 Å². The maximum Gasteiger partial charge on any atom is 0.251 e. The highest BCUT2D eigenvalue weighted by Gasteiger charge is 2.26. The molecule has 1 amide bonds. The van der Waals surface area contributed by atoms with Gasteiger partial charge in [0.25, 0.3) is 11.5 Å². The fourth-order valence-electron chi connectivity index (χ4n) is 2.60. The first kappa shape index (κ1) is 14.1. The molecule has 0 spiro atoms. The van der Waals surface area contributed by atoms with E-state index in [4.69, 9.17) is 11.6 Å². The van der Waals surface area contributed by atoms with E-state index in [2.05, 4.69) is 5.32 Å². The molecule has 2 rings (SSSR count). The van der Waals surface area contributed by atoms with Gasteiger partial charge in [0.05, 0.1) is 0 Å². The van der Waals surface area contributed by atoms with Crippen molar-refractivity contribution >= 4 is 17.5 Å². The van der Waals surface area contributed by atoms with Crippen molar-refractivity contribution in [3.8, 4) is 0 Å². The van der Waals surface area contributed by atoms with E-state index in [0.29, 0.717) is 29.8 Å². The summed E-state index contributed by atoms with van der Waals surface area (Å²) >= 11 is 5.92. The van der Waals surface area contributed by atoms with Crippen LogP contribution in [0.1, 0.15) is 29.6 Å². The largest absolute Gasteiger partial charge is 0.352 e. The third-order valence-electron chi connectivity index (χ3n) is 3.91. The number of aromatic nitrogens is 1. The Morgan fingerprint density at radius 1 is 1.47 bits per heavy atom. The topological polar surface area (TPSA) is 51.1 Å². The van der Waals surface area contributed by atoms with Gasteiger partial charge in [-0.2, -0.15) is 0 Å². The number of carbonyl (C=O) groups is 1. The molecule has 104 valence electrons. The number of halogens is 1. The van der Waals surface area contributed by atoms with Gasteiger partial charge in [0.2, 0.25) is 0 Å². The van der Waals surface area contributed by atoms with E-state index in [9.17, 15) is 9.59 Å². The van der Waals surface area contributed by atoms with Crippen molar-refractivity contribution in [2.24, 2.45) is 18.9 Å². The Morgan fingerprint density at radius 3 is 2.89 bits per heavy atom. The second kappa shape index (κ2) is 6.24. The zero-order chi connectivity index (χ0) is 13.8. The van der Waals surface area contributed by atoms with Gasteiger partial charge in [-0.15, -0.1) is 11.6 Å². The maximum absolute atomic E-state index is 12.0. The van der Waals surface area contributed by atoms with Crippen molar-refractivity contribution in [3.63, 3.8) is 0 Å². The Hall–Kier alpha value is -1.29. The summed E-state index contributed by atoms with van der Waals surface area (Å²) in [5, 5.41) is 2.91. The molecule has 19 heavy (non-hydrogen) atoms. The zero-order valence-electron chi connectivity index (χ0n) is 11.1. The number of rotatable bonds is 4. The highest BCUT2D eigenvalue weighted by Crippen LogP contribution is 2.31. The minimum absolute atomic E-state index is 0.174. The molecule has 5 heteroatoms. The number of nitrogens with zero attached hydrogens (tertiary/aromatic N) is 1. The predicted molar refractivity (Wildman–Crippen MR) is 75.6 cm³/mol. The second-order valence-corrected chi connectivity index (χ2v) is 5.49. The van der Waals surface area contributed by atoms with Gasteiger partial charge >= 0.3 is 0 Å². The molecule has 1 fully saturated rings. The first-order valence-corrected chi connectivity index (χ1v) is 7.16. The molecule has 1 aliphatic carbocycles. The minimum Gasteiger partial charge on any atom is -0.352 e. The summed E-state index contributed by atoms with van der Waals surface area (Å²) in [7, 11) is 1.66. The summed E-state index contributed by atoms with van der Waals surface area (Å²) < 4.78 is 1.44. The summed E-state index contributed by atoms with van der Waals surface area (Å²) in [6.45, 7) is 0.644. The quantitative estimate of drug-likeness (QED) is 0.856. The number of aryl methyl sites for hydroxylation is 1. The average Bonchev–Trinajstić information content (AvgIpc) is 2.86. The van der Waals surface area contributed by atoms with Crippen molar-refractivity contribution in [1.82, 2.24) is 9.88 Å². The molecule has 1 aromatic heterocycles. The SMILES string of the molecule is Cn1ccc(C(=O)NCC2CCCC2CCl)cc1=O. The molecule has 1 N–H and O–H groups in total. The Bertz CT molecular complexity index is 512. The second-order valence-electron chi connectivity index (χ2n) is 5.18. The van der Waals surface area contributed by atoms with Gasteiger partial charge in [0.1, 0.15) is 0 Å². The Morgan fingerprint density at radius 2 is 2.21 bits per heavy atom. The highest BCUT2D eigenvalue weighted by atomic mass is 35.5. The van der Waals surface area contributed by atoms with Crippen LogP contribution in [0.4, 0.5) is 0 Å². The fourth-order valence-corrected chi connectivity index (χ4v) is 3.01. The van der Waals surface area contributed by atoms with Crippen LogP contribution in [0.2, 0.25) is 0 Å². The lowest BCUT2D eigenvalue weighted by Gasteiger charge is -2.17. The van der Waals surface area contributed by atoms with E-state index in [1.54, 1.807) is 19.3 Å². The smallest absolute Gasteiger partial charge is 0.251 e. The van der Waals surface area contributed by atoms with Gasteiger partial charge in [-0.1, -0.05) is 6.42 Å². The first-order valence-electron chi connectivity index (χ1n) is 6.62. The van der Waals surface area contributed by atoms with Crippen LogP contribution in [0.5, 0.6) is 0 Å². The molecule has 0 radical (unpaired) electrons. The highest BCUT2D eigenvalue weighted by molar-refractivity contribution is 6.18. The molecule has 0 saturated heterocycles. The van der Waals surface area contributed by atoms with E-state index in [0.717, 1.165) is 12.8 Å². The van der Waals surface area contributed by atoms with Gasteiger partial charge in [-0.25, -0.2) is 0 Å². The Balaban J connectivity index is 1.94. The Labute approximate surface area is 117 Å². The van der Waals surface area contributed by atoms with Crippen molar-refractivity contribution in [2.45, 2.75) is 19.3 Å². The van der Waals surface area contributed by atoms with Crippen molar-refractivity contribution in [1.29, 1.82) is 0 Å². The molecular weight excluding hydrogens is 264 g/mol. The molecule has 2 unspecified atom stereocenters.